The maximum Gasteiger partial charge on any atom is 0.262 e. The summed E-state index contributed by atoms with van der Waals surface area (Å²) < 4.78 is 44.4. The lowest BCUT2D eigenvalue weighted by atomic mass is 9.99. The highest BCUT2D eigenvalue weighted by Crippen LogP contribution is 2.43. The average Bonchev–Trinajstić information content (AvgIpc) is 3.63. The Morgan fingerprint density at radius 3 is 1.89 bits per heavy atom. The number of carbonyl (C=O) groups excluding carboxylic acids is 3. The lowest BCUT2D eigenvalue weighted by Crippen LogP contribution is -2.54. The van der Waals surface area contributed by atoms with Crippen molar-refractivity contribution in [3.8, 4) is 0 Å². The zero-order valence-electron chi connectivity index (χ0n) is 28.8. The minimum absolute atomic E-state index is 0.104. The Labute approximate surface area is 272 Å². The number of ether oxygens (including phenoxy) is 6. The van der Waals surface area contributed by atoms with E-state index < -0.39 is 80.2 Å². The minimum atomic E-state index is -2.37. The highest BCUT2D eigenvalue weighted by Gasteiger charge is 2.54. The molecule has 7 atom stereocenters. The molecule has 2 amide bonds. The van der Waals surface area contributed by atoms with Crippen molar-refractivity contribution in [1.29, 1.82) is 0 Å². The molecule has 3 saturated heterocycles. The summed E-state index contributed by atoms with van der Waals surface area (Å²) in [5.74, 6) is -3.87. The van der Waals surface area contributed by atoms with Crippen molar-refractivity contribution in [3.05, 3.63) is 47.5 Å². The van der Waals surface area contributed by atoms with Crippen LogP contribution in [0, 0.1) is 0 Å². The largest absolute Gasteiger partial charge is 0.408 e. The molecule has 1 aromatic carbocycles. The maximum absolute atomic E-state index is 13.7. The number of fused-ring (bicyclic) bond motifs is 1. The summed E-state index contributed by atoms with van der Waals surface area (Å²) in [5.41, 5.74) is 0.574. The molecule has 1 aromatic rings. The van der Waals surface area contributed by atoms with E-state index in [-0.39, 0.29) is 16.2 Å². The topological polar surface area (TPSA) is 119 Å². The summed E-state index contributed by atoms with van der Waals surface area (Å²) in [6.07, 6.45) is -0.214. The predicted molar refractivity (Wildman–Crippen MR) is 171 cm³/mol. The molecule has 0 spiro atoms. The Kier molecular flexibility index (Phi) is 9.13. The molecule has 4 aliphatic heterocycles. The monoisotopic (exact) mass is 659 g/mol. The maximum atomic E-state index is 13.7. The van der Waals surface area contributed by atoms with Crippen LogP contribution < -0.4 is 0 Å². The van der Waals surface area contributed by atoms with Crippen molar-refractivity contribution < 1.29 is 47.2 Å². The Bertz CT molecular complexity index is 1350. The van der Waals surface area contributed by atoms with E-state index in [2.05, 4.69) is 33.9 Å². The summed E-state index contributed by atoms with van der Waals surface area (Å²) in [6, 6.07) is 5.65. The summed E-state index contributed by atoms with van der Waals surface area (Å²) in [4.78, 5) is 40.8. The second-order valence-corrected chi connectivity index (χ2v) is 20.1. The van der Waals surface area contributed by atoms with Gasteiger partial charge >= 0.3 is 0 Å². The molecule has 3 fully saturated rings. The fraction of sp³-hybridized carbons (Fsp3) is 0.676. The van der Waals surface area contributed by atoms with Gasteiger partial charge in [0.1, 0.15) is 36.6 Å². The van der Waals surface area contributed by atoms with Gasteiger partial charge in [-0.15, -0.1) is 0 Å². The third kappa shape index (κ3) is 6.81. The molecule has 0 aromatic heterocycles. The van der Waals surface area contributed by atoms with E-state index >= 15 is 0 Å². The van der Waals surface area contributed by atoms with E-state index in [1.807, 2.05) is 27.7 Å². The Morgan fingerprint density at radius 1 is 0.848 bits per heavy atom. The molecule has 254 valence electrons. The van der Waals surface area contributed by atoms with Crippen LogP contribution in [0.25, 0.3) is 0 Å². The summed E-state index contributed by atoms with van der Waals surface area (Å²) in [7, 11) is -2.37. The standard InChI is InChI=1S/C34H49NO10Si/c1-31(2,3)46(10,11)45-28(25-19-39-32(4,5)42-25)27-23(40-33(6,7)44-27)17-16-22(26-24(18-36)41-34(8,9)43-26)35-29(37)20-14-12-13-15-21(20)30(35)38/h12-18,22-28H,19H2,1-11H3/b17-16-/t22-,23-,24+,25-,26+,27-,28-/m1/s1. The molecule has 4 aliphatic rings. The van der Waals surface area contributed by atoms with Gasteiger partial charge in [-0.25, -0.2) is 0 Å². The van der Waals surface area contributed by atoms with E-state index in [1.54, 1.807) is 50.3 Å². The fourth-order valence-electron chi connectivity index (χ4n) is 6.20. The number of hydrogen-bond acceptors (Lipinski definition) is 10. The first-order valence-electron chi connectivity index (χ1n) is 16.0. The first-order valence-corrected chi connectivity index (χ1v) is 18.9. The average molecular weight is 660 g/mol. The molecule has 11 nitrogen and oxygen atoms in total. The van der Waals surface area contributed by atoms with Crippen LogP contribution in [0.15, 0.2) is 36.4 Å². The Hall–Kier alpha value is -2.29. The number of aldehydes is 1. The van der Waals surface area contributed by atoms with Gasteiger partial charge in [0.05, 0.1) is 23.8 Å². The number of hydrogen-bond donors (Lipinski definition) is 0. The Morgan fingerprint density at radius 2 is 1.39 bits per heavy atom. The van der Waals surface area contributed by atoms with Gasteiger partial charge in [0.2, 0.25) is 0 Å². The van der Waals surface area contributed by atoms with Crippen molar-refractivity contribution in [2.75, 3.05) is 6.61 Å². The minimum Gasteiger partial charge on any atom is -0.408 e. The van der Waals surface area contributed by atoms with Crippen molar-refractivity contribution in [1.82, 2.24) is 4.90 Å². The van der Waals surface area contributed by atoms with E-state index in [0.717, 1.165) is 4.90 Å². The number of imide groups is 1. The molecular weight excluding hydrogens is 610 g/mol. The van der Waals surface area contributed by atoms with Crippen molar-refractivity contribution in [3.63, 3.8) is 0 Å². The van der Waals surface area contributed by atoms with Gasteiger partial charge in [-0.2, -0.15) is 0 Å². The van der Waals surface area contributed by atoms with Gasteiger partial charge in [-0.3, -0.25) is 14.5 Å². The van der Waals surface area contributed by atoms with E-state index in [9.17, 15) is 14.4 Å². The van der Waals surface area contributed by atoms with E-state index in [4.69, 9.17) is 32.8 Å². The van der Waals surface area contributed by atoms with Gasteiger partial charge in [0.25, 0.3) is 11.8 Å². The molecule has 12 heteroatoms. The predicted octanol–water partition coefficient (Wildman–Crippen LogP) is 4.99. The van der Waals surface area contributed by atoms with E-state index in [1.165, 1.54) is 0 Å². The highest BCUT2D eigenvalue weighted by atomic mass is 28.4. The molecule has 5 rings (SSSR count). The summed E-state index contributed by atoms with van der Waals surface area (Å²) in [6.45, 7) is 21.9. The number of rotatable bonds is 9. The SMILES string of the molecule is CC1(C)O[C@@H]([C@@H](/C=C\[C@H]2OC(C)(C)O[C@H]2[C@H](O[Si](C)(C)C(C)(C)C)[C@H]2COC(C)(C)O2)N2C(=O)c3ccccc3C2=O)[C@H](C=O)O1. The first-order chi connectivity index (χ1) is 21.2. The third-order valence-corrected chi connectivity index (χ3v) is 13.9. The van der Waals surface area contributed by atoms with Crippen molar-refractivity contribution in [2.24, 2.45) is 0 Å². The zero-order chi connectivity index (χ0) is 34.0. The summed E-state index contributed by atoms with van der Waals surface area (Å²) in [5, 5.41) is -0.104. The number of amides is 2. The fourth-order valence-corrected chi connectivity index (χ4v) is 7.52. The van der Waals surface area contributed by atoms with E-state index in [0.29, 0.717) is 12.9 Å². The van der Waals surface area contributed by atoms with Crippen LogP contribution in [0.3, 0.4) is 0 Å². The van der Waals surface area contributed by atoms with Crippen LogP contribution in [-0.4, -0.2) is 98.0 Å². The molecule has 0 N–H and O–H groups in total. The molecular formula is C34H49NO10Si. The normalized spacial score (nSPS) is 31.9. The van der Waals surface area contributed by atoms with Crippen LogP contribution in [-0.2, 0) is 37.6 Å². The van der Waals surface area contributed by atoms with Crippen LogP contribution in [0.1, 0.15) is 83.0 Å². The first kappa shape index (κ1) is 35.0. The molecule has 0 aliphatic carbocycles. The van der Waals surface area contributed by atoms with Crippen LogP contribution in [0.5, 0.6) is 0 Å². The highest BCUT2D eigenvalue weighted by molar-refractivity contribution is 6.74. The van der Waals surface area contributed by atoms with Gasteiger partial charge in [-0.1, -0.05) is 45.1 Å². The smallest absolute Gasteiger partial charge is 0.262 e. The van der Waals surface area contributed by atoms with Gasteiger partial charge in [0.15, 0.2) is 32.0 Å². The van der Waals surface area contributed by atoms with Gasteiger partial charge in [-0.05, 0) is 71.8 Å². The lowest BCUT2D eigenvalue weighted by molar-refractivity contribution is -0.176. The third-order valence-electron chi connectivity index (χ3n) is 9.38. The second kappa shape index (κ2) is 12.0. The summed E-state index contributed by atoms with van der Waals surface area (Å²) >= 11 is 0. The zero-order valence-corrected chi connectivity index (χ0v) is 29.8. The molecule has 0 radical (unpaired) electrons. The van der Waals surface area contributed by atoms with Crippen LogP contribution in [0.4, 0.5) is 0 Å². The molecule has 0 saturated carbocycles. The number of nitrogens with zero attached hydrogens (tertiary/aromatic N) is 1. The van der Waals surface area contributed by atoms with Gasteiger partial charge < -0.3 is 37.6 Å². The van der Waals surface area contributed by atoms with Crippen LogP contribution >= 0.6 is 0 Å². The lowest BCUT2D eigenvalue weighted by Gasteiger charge is -2.42. The molecule has 46 heavy (non-hydrogen) atoms. The van der Waals surface area contributed by atoms with Crippen LogP contribution in [0.2, 0.25) is 18.1 Å². The molecule has 4 heterocycles. The molecule has 0 bridgehead atoms. The van der Waals surface area contributed by atoms with Crippen molar-refractivity contribution in [2.45, 2.75) is 140 Å². The quantitative estimate of drug-likeness (QED) is 0.155. The number of carbonyl (C=O) groups is 3. The Balaban J connectivity index is 1.54. The number of benzene rings is 1. The van der Waals surface area contributed by atoms with Gasteiger partial charge in [0, 0.05) is 0 Å². The van der Waals surface area contributed by atoms with Crippen molar-refractivity contribution >= 4 is 26.4 Å². The second-order valence-electron chi connectivity index (χ2n) is 15.4. The molecule has 0 unspecified atom stereocenters.